The van der Waals surface area contributed by atoms with Gasteiger partial charge in [-0.25, -0.2) is 4.79 Å². The number of aliphatic imine (C=N–C) groups is 1. The standard InChI is InChI=1S/C25H38N4O3/c1-25(2,3)32-24(30)29-19-12-13-20(29)15-18(14-19)28-23(26-4)27-16-17-8-5-6-11-22(17)31-21-9-7-10-21/h5-6,8,11,18-21H,7,9-10,12-16H2,1-4H3,(H2,26,27,28). The van der Waals surface area contributed by atoms with E-state index in [0.717, 1.165) is 55.8 Å². The third kappa shape index (κ3) is 5.48. The van der Waals surface area contributed by atoms with Crippen LogP contribution in [0.3, 0.4) is 0 Å². The predicted molar refractivity (Wildman–Crippen MR) is 126 cm³/mol. The lowest BCUT2D eigenvalue weighted by Gasteiger charge is -2.40. The van der Waals surface area contributed by atoms with Gasteiger partial charge in [0.15, 0.2) is 5.96 Å². The fourth-order valence-corrected chi connectivity index (χ4v) is 4.91. The van der Waals surface area contributed by atoms with Crippen molar-refractivity contribution in [1.82, 2.24) is 15.5 Å². The smallest absolute Gasteiger partial charge is 0.410 e. The molecule has 7 heteroatoms. The molecule has 2 saturated heterocycles. The van der Waals surface area contributed by atoms with Crippen LogP contribution in [0.15, 0.2) is 29.3 Å². The number of nitrogens with zero attached hydrogens (tertiary/aromatic N) is 2. The molecule has 3 fully saturated rings. The Hall–Kier alpha value is -2.44. The second kappa shape index (κ2) is 9.59. The van der Waals surface area contributed by atoms with E-state index in [1.54, 1.807) is 7.05 Å². The van der Waals surface area contributed by atoms with Crippen LogP contribution >= 0.6 is 0 Å². The maximum absolute atomic E-state index is 12.7. The Morgan fingerprint density at radius 2 is 1.81 bits per heavy atom. The predicted octanol–water partition coefficient (Wildman–Crippen LogP) is 4.21. The lowest BCUT2D eigenvalue weighted by molar-refractivity contribution is 0.00545. The van der Waals surface area contributed by atoms with E-state index in [0.29, 0.717) is 18.7 Å². The molecule has 2 aliphatic heterocycles. The summed E-state index contributed by atoms with van der Waals surface area (Å²) in [6.07, 6.45) is 7.66. The second-order valence-corrected chi connectivity index (χ2v) is 10.3. The van der Waals surface area contributed by atoms with Gasteiger partial charge in [-0.05, 0) is 71.8 Å². The summed E-state index contributed by atoms with van der Waals surface area (Å²) in [6.45, 7) is 6.43. The van der Waals surface area contributed by atoms with Crippen LogP contribution in [0.25, 0.3) is 0 Å². The highest BCUT2D eigenvalue weighted by Gasteiger charge is 2.45. The monoisotopic (exact) mass is 442 g/mol. The zero-order valence-corrected chi connectivity index (χ0v) is 19.9. The lowest BCUT2D eigenvalue weighted by Crippen LogP contribution is -2.54. The van der Waals surface area contributed by atoms with E-state index in [1.165, 1.54) is 6.42 Å². The molecule has 1 amide bonds. The van der Waals surface area contributed by atoms with Gasteiger partial charge >= 0.3 is 6.09 Å². The number of benzene rings is 1. The highest BCUT2D eigenvalue weighted by atomic mass is 16.6. The first-order chi connectivity index (χ1) is 15.3. The third-order valence-electron chi connectivity index (χ3n) is 6.67. The molecule has 2 heterocycles. The minimum Gasteiger partial charge on any atom is -0.490 e. The van der Waals surface area contributed by atoms with Crippen LogP contribution in [0.1, 0.15) is 71.3 Å². The van der Waals surface area contributed by atoms with E-state index < -0.39 is 5.60 Å². The summed E-state index contributed by atoms with van der Waals surface area (Å²) < 4.78 is 11.8. The molecule has 2 bridgehead atoms. The van der Waals surface area contributed by atoms with Gasteiger partial charge in [0.2, 0.25) is 0 Å². The van der Waals surface area contributed by atoms with Crippen LogP contribution in [-0.4, -0.2) is 53.8 Å². The SMILES string of the molecule is CN=C(NCc1ccccc1OC1CCC1)NC1CC2CCC(C1)N2C(=O)OC(C)(C)C. The Morgan fingerprint density at radius 3 is 2.41 bits per heavy atom. The lowest BCUT2D eigenvalue weighted by atomic mass is 9.96. The highest BCUT2D eigenvalue weighted by Crippen LogP contribution is 2.37. The van der Waals surface area contributed by atoms with Crippen molar-refractivity contribution >= 4 is 12.1 Å². The fourth-order valence-electron chi connectivity index (χ4n) is 4.91. The molecule has 0 aromatic heterocycles. The molecule has 4 rings (SSSR count). The number of amides is 1. The van der Waals surface area contributed by atoms with E-state index in [-0.39, 0.29) is 18.2 Å². The van der Waals surface area contributed by atoms with Gasteiger partial charge in [0.1, 0.15) is 11.4 Å². The Labute approximate surface area is 191 Å². The van der Waals surface area contributed by atoms with E-state index in [9.17, 15) is 4.79 Å². The highest BCUT2D eigenvalue weighted by molar-refractivity contribution is 5.80. The van der Waals surface area contributed by atoms with Crippen molar-refractivity contribution < 1.29 is 14.3 Å². The summed E-state index contributed by atoms with van der Waals surface area (Å²) >= 11 is 0. The minimum atomic E-state index is -0.462. The molecule has 7 nitrogen and oxygen atoms in total. The summed E-state index contributed by atoms with van der Waals surface area (Å²) in [5.74, 6) is 1.75. The maximum atomic E-state index is 12.7. The summed E-state index contributed by atoms with van der Waals surface area (Å²) in [4.78, 5) is 19.1. The average Bonchev–Trinajstić information content (AvgIpc) is 2.98. The first-order valence-electron chi connectivity index (χ1n) is 12.1. The molecule has 2 N–H and O–H groups in total. The van der Waals surface area contributed by atoms with Crippen molar-refractivity contribution in [2.45, 2.75) is 102 Å². The molecule has 0 spiro atoms. The van der Waals surface area contributed by atoms with Crippen LogP contribution in [-0.2, 0) is 11.3 Å². The number of fused-ring (bicyclic) bond motifs is 2. The first-order valence-corrected chi connectivity index (χ1v) is 12.1. The van der Waals surface area contributed by atoms with Crippen LogP contribution in [0.2, 0.25) is 0 Å². The topological polar surface area (TPSA) is 75.2 Å². The normalized spacial score (nSPS) is 25.8. The Kier molecular flexibility index (Phi) is 6.82. The summed E-state index contributed by atoms with van der Waals surface area (Å²) in [7, 11) is 1.80. The van der Waals surface area contributed by atoms with Crippen LogP contribution < -0.4 is 15.4 Å². The van der Waals surface area contributed by atoms with Crippen LogP contribution in [0.4, 0.5) is 4.79 Å². The van der Waals surface area contributed by atoms with Crippen LogP contribution in [0, 0.1) is 0 Å². The van der Waals surface area contributed by atoms with Gasteiger partial charge in [-0.1, -0.05) is 18.2 Å². The quantitative estimate of drug-likeness (QED) is 0.528. The second-order valence-electron chi connectivity index (χ2n) is 10.3. The average molecular weight is 443 g/mol. The van der Waals surface area contributed by atoms with E-state index >= 15 is 0 Å². The van der Waals surface area contributed by atoms with Crippen LogP contribution in [0.5, 0.6) is 5.75 Å². The number of carbonyl (C=O) groups excluding carboxylic acids is 1. The number of piperidine rings is 1. The molecule has 2 unspecified atom stereocenters. The van der Waals surface area contributed by atoms with Gasteiger partial charge in [-0.3, -0.25) is 4.99 Å². The maximum Gasteiger partial charge on any atom is 0.410 e. The minimum absolute atomic E-state index is 0.172. The van der Waals surface area contributed by atoms with Crippen molar-refractivity contribution in [2.75, 3.05) is 7.05 Å². The zero-order chi connectivity index (χ0) is 22.7. The molecular weight excluding hydrogens is 404 g/mol. The summed E-state index contributed by atoms with van der Waals surface area (Å²) in [6, 6.07) is 8.98. The van der Waals surface area contributed by atoms with Gasteiger partial charge in [0.25, 0.3) is 0 Å². The van der Waals surface area contributed by atoms with Crippen molar-refractivity contribution in [3.63, 3.8) is 0 Å². The number of carbonyl (C=O) groups is 1. The molecule has 1 saturated carbocycles. The number of ether oxygens (including phenoxy) is 2. The van der Waals surface area contributed by atoms with Crippen molar-refractivity contribution in [1.29, 1.82) is 0 Å². The number of nitrogens with one attached hydrogen (secondary N) is 2. The number of guanidine groups is 1. The summed E-state index contributed by atoms with van der Waals surface area (Å²) in [5, 5.41) is 7.04. The molecule has 1 aliphatic carbocycles. The molecule has 3 aliphatic rings. The first kappa shape index (κ1) is 22.7. The van der Waals surface area contributed by atoms with Gasteiger partial charge < -0.3 is 25.0 Å². The van der Waals surface area contributed by atoms with Gasteiger partial charge in [-0.2, -0.15) is 0 Å². The third-order valence-corrected chi connectivity index (χ3v) is 6.67. The summed E-state index contributed by atoms with van der Waals surface area (Å²) in [5.41, 5.74) is 0.679. The molecular formula is C25H38N4O3. The zero-order valence-electron chi connectivity index (χ0n) is 19.9. The van der Waals surface area contributed by atoms with Gasteiger partial charge in [0.05, 0.1) is 6.10 Å². The number of hydrogen-bond donors (Lipinski definition) is 2. The largest absolute Gasteiger partial charge is 0.490 e. The van der Waals surface area contributed by atoms with Crippen molar-refractivity contribution in [2.24, 2.45) is 4.99 Å². The molecule has 176 valence electrons. The molecule has 1 aromatic rings. The van der Waals surface area contributed by atoms with Crippen molar-refractivity contribution in [3.8, 4) is 5.75 Å². The van der Waals surface area contributed by atoms with Gasteiger partial charge in [-0.15, -0.1) is 0 Å². The van der Waals surface area contributed by atoms with E-state index in [1.807, 2.05) is 37.8 Å². The Morgan fingerprint density at radius 1 is 1.12 bits per heavy atom. The molecule has 0 radical (unpaired) electrons. The van der Waals surface area contributed by atoms with E-state index in [2.05, 4.69) is 27.8 Å². The van der Waals surface area contributed by atoms with Gasteiger partial charge in [0, 0.05) is 37.3 Å². The van der Waals surface area contributed by atoms with Crippen molar-refractivity contribution in [3.05, 3.63) is 29.8 Å². The molecule has 1 aromatic carbocycles. The Balaban J connectivity index is 1.31. The Bertz CT molecular complexity index is 817. The molecule has 32 heavy (non-hydrogen) atoms. The number of para-hydroxylation sites is 1. The number of hydrogen-bond acceptors (Lipinski definition) is 4. The molecule has 2 atom stereocenters. The van der Waals surface area contributed by atoms with E-state index in [4.69, 9.17) is 9.47 Å². The number of rotatable bonds is 5. The fraction of sp³-hybridized carbons (Fsp3) is 0.680.